The molecule has 1 aromatic rings. The maximum absolute atomic E-state index is 9.60. The minimum Gasteiger partial charge on any atom is -0.508 e. The zero-order valence-electron chi connectivity index (χ0n) is 11.2. The van der Waals surface area contributed by atoms with Gasteiger partial charge in [-0.15, -0.1) is 0 Å². The van der Waals surface area contributed by atoms with Gasteiger partial charge < -0.3 is 15.3 Å². The van der Waals surface area contributed by atoms with Gasteiger partial charge >= 0.3 is 5.97 Å². The molecule has 100 valence electrons. The molecule has 0 aliphatic carbocycles. The Balaban J connectivity index is 0.000000411. The van der Waals surface area contributed by atoms with Crippen molar-refractivity contribution in [3.05, 3.63) is 35.9 Å². The van der Waals surface area contributed by atoms with Gasteiger partial charge in [0.1, 0.15) is 11.5 Å². The van der Waals surface area contributed by atoms with Crippen LogP contribution in [-0.4, -0.2) is 21.3 Å². The molecule has 0 aromatic heterocycles. The van der Waals surface area contributed by atoms with Crippen LogP contribution >= 0.6 is 0 Å². The first-order valence-electron chi connectivity index (χ1n) is 5.47. The maximum Gasteiger partial charge on any atom is 0.330 e. The highest BCUT2D eigenvalue weighted by atomic mass is 16.4. The molecule has 0 saturated carbocycles. The molecule has 4 nitrogen and oxygen atoms in total. The topological polar surface area (TPSA) is 77.8 Å². The van der Waals surface area contributed by atoms with Crippen molar-refractivity contribution in [2.75, 3.05) is 0 Å². The smallest absolute Gasteiger partial charge is 0.330 e. The van der Waals surface area contributed by atoms with Crippen LogP contribution in [0.2, 0.25) is 0 Å². The summed E-state index contributed by atoms with van der Waals surface area (Å²) in [7, 11) is 0. The third kappa shape index (κ3) is 5.39. The average molecular weight is 252 g/mol. The van der Waals surface area contributed by atoms with E-state index in [-0.39, 0.29) is 22.5 Å². The van der Waals surface area contributed by atoms with Crippen molar-refractivity contribution in [2.45, 2.75) is 33.1 Å². The van der Waals surface area contributed by atoms with Gasteiger partial charge in [0, 0.05) is 11.1 Å². The number of hydrogen-bond donors (Lipinski definition) is 3. The first-order chi connectivity index (χ1) is 8.05. The molecule has 0 unspecified atom stereocenters. The lowest BCUT2D eigenvalue weighted by atomic mass is 9.86. The van der Waals surface area contributed by atoms with Crippen molar-refractivity contribution in [1.82, 2.24) is 0 Å². The second kappa shape index (κ2) is 6.10. The van der Waals surface area contributed by atoms with Crippen molar-refractivity contribution in [3.8, 4) is 11.5 Å². The number of rotatable bonds is 1. The van der Waals surface area contributed by atoms with Crippen LogP contribution in [0.15, 0.2) is 30.4 Å². The van der Waals surface area contributed by atoms with Crippen LogP contribution < -0.4 is 0 Å². The fourth-order valence-electron chi connectivity index (χ4n) is 1.12. The van der Waals surface area contributed by atoms with E-state index in [1.165, 1.54) is 19.1 Å². The van der Waals surface area contributed by atoms with E-state index in [0.717, 1.165) is 5.56 Å². The molecule has 0 heterocycles. The number of hydrogen-bond acceptors (Lipinski definition) is 3. The fraction of sp³-hybridized carbons (Fsp3) is 0.357. The molecule has 0 spiro atoms. The Kier molecular flexibility index (Phi) is 5.43. The predicted octanol–water partition coefficient (Wildman–Crippen LogP) is 3.04. The monoisotopic (exact) mass is 252 g/mol. The van der Waals surface area contributed by atoms with Crippen molar-refractivity contribution in [3.63, 3.8) is 0 Å². The van der Waals surface area contributed by atoms with E-state index in [2.05, 4.69) is 6.58 Å². The SMILES string of the molecule is C=C(C)C(=O)O.CC(C)(C)c1cc(O)ccc1O. The summed E-state index contributed by atoms with van der Waals surface area (Å²) in [6.45, 7) is 10.6. The van der Waals surface area contributed by atoms with Crippen LogP contribution in [0, 0.1) is 0 Å². The molecule has 4 heteroatoms. The van der Waals surface area contributed by atoms with E-state index < -0.39 is 5.97 Å². The van der Waals surface area contributed by atoms with Gasteiger partial charge in [-0.05, 0) is 30.5 Å². The third-order valence-corrected chi connectivity index (χ3v) is 2.15. The van der Waals surface area contributed by atoms with Crippen LogP contribution in [0.25, 0.3) is 0 Å². The zero-order chi connectivity index (χ0) is 14.5. The van der Waals surface area contributed by atoms with Gasteiger partial charge in [0.25, 0.3) is 0 Å². The van der Waals surface area contributed by atoms with E-state index >= 15 is 0 Å². The first kappa shape index (κ1) is 16.0. The summed E-state index contributed by atoms with van der Waals surface area (Å²) >= 11 is 0. The predicted molar refractivity (Wildman–Crippen MR) is 70.9 cm³/mol. The van der Waals surface area contributed by atoms with Gasteiger partial charge in [-0.2, -0.15) is 0 Å². The van der Waals surface area contributed by atoms with Gasteiger partial charge in [0.2, 0.25) is 0 Å². The lowest BCUT2D eigenvalue weighted by molar-refractivity contribution is -0.132. The molecule has 0 radical (unpaired) electrons. The molecule has 0 aliphatic rings. The summed E-state index contributed by atoms with van der Waals surface area (Å²) in [5.41, 5.74) is 0.806. The number of carbonyl (C=O) groups is 1. The lowest BCUT2D eigenvalue weighted by Gasteiger charge is -2.20. The fourth-order valence-corrected chi connectivity index (χ4v) is 1.12. The summed E-state index contributed by atoms with van der Waals surface area (Å²) in [6, 6.07) is 4.58. The summed E-state index contributed by atoms with van der Waals surface area (Å²) < 4.78 is 0. The van der Waals surface area contributed by atoms with Crippen LogP contribution in [0.3, 0.4) is 0 Å². The standard InChI is InChI=1S/C10H14O2.C4H6O2/c1-10(2,3)8-6-7(11)4-5-9(8)12;1-3(2)4(5)6/h4-6,11-12H,1-3H3;1H2,2H3,(H,5,6). The molecule has 0 atom stereocenters. The summed E-state index contributed by atoms with van der Waals surface area (Å²) in [6.07, 6.45) is 0. The van der Waals surface area contributed by atoms with Gasteiger partial charge in [0.15, 0.2) is 0 Å². The highest BCUT2D eigenvalue weighted by Crippen LogP contribution is 2.32. The minimum atomic E-state index is -0.935. The van der Waals surface area contributed by atoms with Gasteiger partial charge in [-0.1, -0.05) is 27.4 Å². The van der Waals surface area contributed by atoms with E-state index in [0.29, 0.717) is 0 Å². The van der Waals surface area contributed by atoms with E-state index in [9.17, 15) is 15.0 Å². The zero-order valence-corrected chi connectivity index (χ0v) is 11.2. The maximum atomic E-state index is 9.60. The molecule has 3 N–H and O–H groups in total. The number of phenols is 2. The van der Waals surface area contributed by atoms with Crippen molar-refractivity contribution in [1.29, 1.82) is 0 Å². The number of benzene rings is 1. The molecule has 1 rings (SSSR count). The number of carboxylic acid groups (broad SMARTS) is 1. The largest absolute Gasteiger partial charge is 0.508 e. The minimum absolute atomic E-state index is 0.136. The Morgan fingerprint density at radius 3 is 1.94 bits per heavy atom. The molecular weight excluding hydrogens is 232 g/mol. The Hall–Kier alpha value is -1.97. The number of phenolic OH excluding ortho intramolecular Hbond substituents is 2. The molecule has 0 amide bonds. The lowest BCUT2D eigenvalue weighted by Crippen LogP contribution is -2.10. The number of carboxylic acids is 1. The Morgan fingerprint density at radius 2 is 1.67 bits per heavy atom. The number of aliphatic carboxylic acids is 1. The van der Waals surface area contributed by atoms with Crippen LogP contribution in [0.1, 0.15) is 33.3 Å². The summed E-state index contributed by atoms with van der Waals surface area (Å²) in [5.74, 6) is -0.506. The van der Waals surface area contributed by atoms with Crippen molar-refractivity contribution >= 4 is 5.97 Å². The molecule has 0 aliphatic heterocycles. The second-order valence-electron chi connectivity index (χ2n) is 5.04. The molecule has 1 aromatic carbocycles. The van der Waals surface area contributed by atoms with E-state index in [1.807, 2.05) is 20.8 Å². The third-order valence-electron chi connectivity index (χ3n) is 2.15. The van der Waals surface area contributed by atoms with Crippen LogP contribution in [0.4, 0.5) is 0 Å². The van der Waals surface area contributed by atoms with E-state index in [1.54, 1.807) is 6.07 Å². The molecule has 0 fully saturated rings. The highest BCUT2D eigenvalue weighted by Gasteiger charge is 2.17. The van der Waals surface area contributed by atoms with Crippen LogP contribution in [-0.2, 0) is 10.2 Å². The van der Waals surface area contributed by atoms with Gasteiger partial charge in [-0.25, -0.2) is 4.79 Å². The highest BCUT2D eigenvalue weighted by molar-refractivity contribution is 5.84. The van der Waals surface area contributed by atoms with Gasteiger partial charge in [-0.3, -0.25) is 0 Å². The summed E-state index contributed by atoms with van der Waals surface area (Å²) in [4.78, 5) is 9.60. The van der Waals surface area contributed by atoms with Crippen molar-refractivity contribution < 1.29 is 20.1 Å². The normalized spacial score (nSPS) is 10.2. The van der Waals surface area contributed by atoms with Crippen molar-refractivity contribution in [2.24, 2.45) is 0 Å². The van der Waals surface area contributed by atoms with Gasteiger partial charge in [0.05, 0.1) is 0 Å². The molecular formula is C14H20O4. The Labute approximate surface area is 107 Å². The van der Waals surface area contributed by atoms with Crippen LogP contribution in [0.5, 0.6) is 11.5 Å². The average Bonchev–Trinajstić information content (AvgIpc) is 2.21. The second-order valence-corrected chi connectivity index (χ2v) is 5.04. The first-order valence-corrected chi connectivity index (χ1v) is 5.47. The molecule has 18 heavy (non-hydrogen) atoms. The Morgan fingerprint density at radius 1 is 1.22 bits per heavy atom. The molecule has 0 saturated heterocycles. The summed E-state index contributed by atoms with van der Waals surface area (Å²) in [5, 5.41) is 26.5. The number of aromatic hydroxyl groups is 2. The van der Waals surface area contributed by atoms with E-state index in [4.69, 9.17) is 5.11 Å². The Bertz CT molecular complexity index is 430. The molecule has 0 bridgehead atoms. The quantitative estimate of drug-likeness (QED) is 0.530.